The zero-order valence-corrected chi connectivity index (χ0v) is 17.0. The first kappa shape index (κ1) is 24.2. The monoisotopic (exact) mass is 397 g/mol. The summed E-state index contributed by atoms with van der Waals surface area (Å²) >= 11 is 0. The van der Waals surface area contributed by atoms with Crippen LogP contribution in [-0.4, -0.2) is 25.5 Å². The fourth-order valence-electron chi connectivity index (χ4n) is 2.68. The molecular weight excluding hydrogens is 369 g/mol. The summed E-state index contributed by atoms with van der Waals surface area (Å²) in [5, 5.41) is 2.96. The third-order valence-corrected chi connectivity index (χ3v) is 4.24. The van der Waals surface area contributed by atoms with Crippen molar-refractivity contribution in [3.63, 3.8) is 0 Å². The highest BCUT2D eigenvalue weighted by Crippen LogP contribution is 2.17. The molecule has 0 radical (unpaired) electrons. The van der Waals surface area contributed by atoms with Gasteiger partial charge >= 0.3 is 0 Å². The summed E-state index contributed by atoms with van der Waals surface area (Å²) in [7, 11) is 0. The fraction of sp³-hybridized carbons (Fsp3) is 0.350. The van der Waals surface area contributed by atoms with Crippen molar-refractivity contribution in [3.05, 3.63) is 66.2 Å². The fourth-order valence-corrected chi connectivity index (χ4v) is 2.68. The van der Waals surface area contributed by atoms with Crippen LogP contribution in [0.1, 0.15) is 25.8 Å². The van der Waals surface area contributed by atoms with E-state index in [1.165, 1.54) is 5.69 Å². The molecule has 0 bridgehead atoms. The summed E-state index contributed by atoms with van der Waals surface area (Å²) in [5.41, 5.74) is 7.24. The maximum absolute atomic E-state index is 12.4. The van der Waals surface area contributed by atoms with Crippen molar-refractivity contribution in [2.24, 2.45) is 5.73 Å². The standard InChI is InChI=1S/C20H27N3O.2ClH/c1-3-23(18-13-8-5-9-14-18)16-10-15-22-19(24)20(2,21)17-11-6-4-7-12-17;;/h4-9,11-14H,3,10,15-16,21H2,1-2H3,(H,22,24);2*1H. The molecule has 1 amide bonds. The summed E-state index contributed by atoms with van der Waals surface area (Å²) in [6.07, 6.45) is 0.874. The van der Waals surface area contributed by atoms with Gasteiger partial charge in [0.15, 0.2) is 0 Å². The second-order valence-corrected chi connectivity index (χ2v) is 6.09. The molecule has 0 aliphatic heterocycles. The average Bonchev–Trinajstić information content (AvgIpc) is 2.63. The predicted octanol–water partition coefficient (Wildman–Crippen LogP) is 3.74. The van der Waals surface area contributed by atoms with E-state index in [9.17, 15) is 4.79 Å². The predicted molar refractivity (Wildman–Crippen MR) is 114 cm³/mol. The van der Waals surface area contributed by atoms with Crippen molar-refractivity contribution < 1.29 is 4.79 Å². The van der Waals surface area contributed by atoms with Crippen molar-refractivity contribution in [1.29, 1.82) is 0 Å². The van der Waals surface area contributed by atoms with Crippen LogP contribution in [0.15, 0.2) is 60.7 Å². The Labute approximate surface area is 169 Å². The molecular formula is C20H29Cl2N3O. The van der Waals surface area contributed by atoms with Crippen molar-refractivity contribution in [2.75, 3.05) is 24.5 Å². The molecule has 1 atom stereocenters. The number of anilines is 1. The van der Waals surface area contributed by atoms with E-state index in [4.69, 9.17) is 5.73 Å². The molecule has 0 fully saturated rings. The first-order valence-electron chi connectivity index (χ1n) is 8.48. The number of halogens is 2. The number of hydrogen-bond acceptors (Lipinski definition) is 3. The van der Waals surface area contributed by atoms with Crippen LogP contribution in [0.5, 0.6) is 0 Å². The minimum absolute atomic E-state index is 0. The van der Waals surface area contributed by atoms with Gasteiger partial charge in [-0.2, -0.15) is 0 Å². The van der Waals surface area contributed by atoms with E-state index in [0.29, 0.717) is 6.54 Å². The van der Waals surface area contributed by atoms with Gasteiger partial charge in [0.05, 0.1) is 0 Å². The molecule has 2 aromatic rings. The SMILES string of the molecule is CCN(CCCNC(=O)C(C)(N)c1ccccc1)c1ccccc1.Cl.Cl. The molecule has 0 spiro atoms. The van der Waals surface area contributed by atoms with Crippen LogP contribution in [0.3, 0.4) is 0 Å². The Bertz CT molecular complexity index is 636. The van der Waals surface area contributed by atoms with E-state index in [0.717, 1.165) is 25.1 Å². The lowest BCUT2D eigenvalue weighted by molar-refractivity contribution is -0.126. The molecule has 0 aliphatic carbocycles. The number of nitrogens with one attached hydrogen (secondary N) is 1. The second-order valence-electron chi connectivity index (χ2n) is 6.09. The van der Waals surface area contributed by atoms with Crippen molar-refractivity contribution in [3.8, 4) is 0 Å². The van der Waals surface area contributed by atoms with Gasteiger partial charge in [0, 0.05) is 25.3 Å². The van der Waals surface area contributed by atoms with Crippen LogP contribution in [-0.2, 0) is 10.3 Å². The lowest BCUT2D eigenvalue weighted by Gasteiger charge is -2.25. The van der Waals surface area contributed by atoms with Gasteiger partial charge in [0.25, 0.3) is 0 Å². The van der Waals surface area contributed by atoms with Gasteiger partial charge in [-0.05, 0) is 38.0 Å². The number of carbonyl (C=O) groups is 1. The van der Waals surface area contributed by atoms with Crippen molar-refractivity contribution in [1.82, 2.24) is 5.32 Å². The van der Waals surface area contributed by atoms with Crippen LogP contribution in [0, 0.1) is 0 Å². The summed E-state index contributed by atoms with van der Waals surface area (Å²) in [4.78, 5) is 14.7. The highest BCUT2D eigenvalue weighted by atomic mass is 35.5. The summed E-state index contributed by atoms with van der Waals surface area (Å²) in [6, 6.07) is 19.8. The summed E-state index contributed by atoms with van der Waals surface area (Å²) in [6.45, 7) is 6.34. The van der Waals surface area contributed by atoms with E-state index in [1.807, 2.05) is 48.5 Å². The van der Waals surface area contributed by atoms with Crippen LogP contribution >= 0.6 is 24.8 Å². The third-order valence-electron chi connectivity index (χ3n) is 4.24. The van der Waals surface area contributed by atoms with Gasteiger partial charge < -0.3 is 16.0 Å². The Morgan fingerprint density at radius 2 is 1.58 bits per heavy atom. The van der Waals surface area contributed by atoms with E-state index in [-0.39, 0.29) is 30.7 Å². The highest BCUT2D eigenvalue weighted by molar-refractivity contribution is 5.87. The van der Waals surface area contributed by atoms with Crippen molar-refractivity contribution >= 4 is 36.4 Å². The average molecular weight is 398 g/mol. The quantitative estimate of drug-likeness (QED) is 0.666. The second kappa shape index (κ2) is 11.8. The van der Waals surface area contributed by atoms with E-state index in [2.05, 4.69) is 29.3 Å². The molecule has 144 valence electrons. The first-order chi connectivity index (χ1) is 11.6. The molecule has 3 N–H and O–H groups in total. The molecule has 2 aromatic carbocycles. The Morgan fingerprint density at radius 3 is 2.12 bits per heavy atom. The number of hydrogen-bond donors (Lipinski definition) is 2. The Kier molecular flexibility index (Phi) is 11.0. The van der Waals surface area contributed by atoms with E-state index < -0.39 is 5.54 Å². The number of para-hydroxylation sites is 1. The summed E-state index contributed by atoms with van der Waals surface area (Å²) < 4.78 is 0. The Balaban J connectivity index is 0.00000312. The number of nitrogens with zero attached hydrogens (tertiary/aromatic N) is 1. The highest BCUT2D eigenvalue weighted by Gasteiger charge is 2.29. The van der Waals surface area contributed by atoms with E-state index >= 15 is 0 Å². The van der Waals surface area contributed by atoms with Gasteiger partial charge in [0.2, 0.25) is 5.91 Å². The summed E-state index contributed by atoms with van der Waals surface area (Å²) in [5.74, 6) is -0.142. The minimum atomic E-state index is -1.01. The number of benzene rings is 2. The smallest absolute Gasteiger partial charge is 0.244 e. The number of amides is 1. The first-order valence-corrected chi connectivity index (χ1v) is 8.48. The van der Waals surface area contributed by atoms with Gasteiger partial charge in [-0.3, -0.25) is 4.79 Å². The molecule has 2 rings (SSSR count). The van der Waals surface area contributed by atoms with Gasteiger partial charge in [-0.15, -0.1) is 24.8 Å². The Morgan fingerprint density at radius 1 is 1.04 bits per heavy atom. The van der Waals surface area contributed by atoms with Gasteiger partial charge in [-0.25, -0.2) is 0 Å². The number of carbonyl (C=O) groups excluding carboxylic acids is 1. The number of rotatable bonds is 8. The molecule has 1 unspecified atom stereocenters. The zero-order valence-electron chi connectivity index (χ0n) is 15.4. The molecule has 0 saturated heterocycles. The third kappa shape index (κ3) is 6.52. The largest absolute Gasteiger partial charge is 0.372 e. The molecule has 0 heterocycles. The molecule has 0 aliphatic rings. The van der Waals surface area contributed by atoms with Crippen LogP contribution < -0.4 is 16.0 Å². The van der Waals surface area contributed by atoms with Crippen LogP contribution in [0.4, 0.5) is 5.69 Å². The van der Waals surface area contributed by atoms with Gasteiger partial charge in [-0.1, -0.05) is 48.5 Å². The van der Waals surface area contributed by atoms with Crippen LogP contribution in [0.25, 0.3) is 0 Å². The van der Waals surface area contributed by atoms with Crippen molar-refractivity contribution in [2.45, 2.75) is 25.8 Å². The maximum atomic E-state index is 12.4. The van der Waals surface area contributed by atoms with Gasteiger partial charge in [0.1, 0.15) is 5.54 Å². The zero-order chi connectivity index (χ0) is 17.4. The normalized spacial score (nSPS) is 12.1. The molecule has 26 heavy (non-hydrogen) atoms. The number of nitrogens with two attached hydrogens (primary N) is 1. The minimum Gasteiger partial charge on any atom is -0.372 e. The Hall–Kier alpha value is -1.75. The molecule has 0 aromatic heterocycles. The maximum Gasteiger partial charge on any atom is 0.244 e. The van der Waals surface area contributed by atoms with Crippen LogP contribution in [0.2, 0.25) is 0 Å². The molecule has 4 nitrogen and oxygen atoms in total. The molecule has 0 saturated carbocycles. The lowest BCUT2D eigenvalue weighted by Crippen LogP contribution is -2.49. The lowest BCUT2D eigenvalue weighted by atomic mass is 9.92. The van der Waals surface area contributed by atoms with E-state index in [1.54, 1.807) is 6.92 Å². The molecule has 6 heteroatoms. The topological polar surface area (TPSA) is 58.4 Å².